The number of nitrogens with zero attached hydrogens (tertiary/aromatic N) is 2. The van der Waals surface area contributed by atoms with Crippen molar-refractivity contribution in [3.63, 3.8) is 0 Å². The van der Waals surface area contributed by atoms with Crippen molar-refractivity contribution in [2.24, 2.45) is 11.3 Å². The quantitative estimate of drug-likeness (QED) is 0.643. The molecule has 1 amide bonds. The minimum atomic E-state index is -0.367. The van der Waals surface area contributed by atoms with Gasteiger partial charge in [0.2, 0.25) is 23.4 Å². The third kappa shape index (κ3) is 5.64. The summed E-state index contributed by atoms with van der Waals surface area (Å²) in [7, 11) is 4.64. The fourth-order valence-electron chi connectivity index (χ4n) is 3.08. The number of methoxy groups -OCH3 is 3. The highest BCUT2D eigenvalue weighted by Gasteiger charge is 2.28. The normalized spacial score (nSPS) is 13.5. The second-order valence-electron chi connectivity index (χ2n) is 8.54. The van der Waals surface area contributed by atoms with E-state index in [-0.39, 0.29) is 23.3 Å². The number of nitrogens with one attached hydrogen (secondary N) is 1. The summed E-state index contributed by atoms with van der Waals surface area (Å²) in [5, 5.41) is 7.19. The van der Waals surface area contributed by atoms with E-state index >= 15 is 0 Å². The van der Waals surface area contributed by atoms with Crippen LogP contribution in [0.4, 0.5) is 0 Å². The molecule has 0 unspecified atom stereocenters. The Morgan fingerprint density at radius 3 is 2.20 bits per heavy atom. The number of rotatable bonds is 9. The van der Waals surface area contributed by atoms with Gasteiger partial charge in [-0.1, -0.05) is 46.2 Å². The molecule has 0 fully saturated rings. The molecule has 0 aliphatic heterocycles. The van der Waals surface area contributed by atoms with Crippen LogP contribution in [-0.4, -0.2) is 37.4 Å². The van der Waals surface area contributed by atoms with Crippen molar-refractivity contribution in [3.05, 3.63) is 18.0 Å². The van der Waals surface area contributed by atoms with Gasteiger partial charge in [-0.3, -0.25) is 4.79 Å². The number of amides is 1. The van der Waals surface area contributed by atoms with E-state index in [1.165, 1.54) is 0 Å². The Balaban J connectivity index is 2.37. The molecule has 0 saturated heterocycles. The summed E-state index contributed by atoms with van der Waals surface area (Å²) >= 11 is 0. The van der Waals surface area contributed by atoms with Crippen LogP contribution < -0.4 is 19.5 Å². The molecule has 2 aromatic rings. The van der Waals surface area contributed by atoms with Crippen molar-refractivity contribution >= 4 is 5.91 Å². The van der Waals surface area contributed by atoms with Gasteiger partial charge in [-0.15, -0.1) is 0 Å². The molecule has 30 heavy (non-hydrogen) atoms. The van der Waals surface area contributed by atoms with E-state index in [0.29, 0.717) is 40.9 Å². The molecular formula is C22H33N3O5. The highest BCUT2D eigenvalue weighted by atomic mass is 16.5. The minimum Gasteiger partial charge on any atom is -0.493 e. The number of benzene rings is 1. The summed E-state index contributed by atoms with van der Waals surface area (Å²) in [6, 6.07) is 3.15. The number of carbonyl (C=O) groups is 1. The van der Waals surface area contributed by atoms with Gasteiger partial charge in [-0.05, 0) is 23.5 Å². The van der Waals surface area contributed by atoms with Crippen molar-refractivity contribution in [1.29, 1.82) is 0 Å². The zero-order valence-corrected chi connectivity index (χ0v) is 19.2. The zero-order valence-electron chi connectivity index (χ0n) is 19.2. The largest absolute Gasteiger partial charge is 0.493 e. The van der Waals surface area contributed by atoms with Crippen LogP contribution in [0.1, 0.15) is 59.4 Å². The number of ether oxygens (including phenoxy) is 3. The molecule has 0 spiro atoms. The standard InChI is InChI=1S/C22H33N3O5/c1-9-13(2)18(23-17(26)12-22(3,4)5)21-24-20(25-30-21)14-10-15(27-6)19(29-8)16(11-14)28-7/h10-11,13,18H,9,12H2,1-8H3,(H,23,26)/t13-,18-/m0/s1. The number of hydrogen-bond donors (Lipinski definition) is 1. The topological polar surface area (TPSA) is 95.7 Å². The molecule has 1 aromatic carbocycles. The van der Waals surface area contributed by atoms with Crippen LogP contribution in [-0.2, 0) is 4.79 Å². The van der Waals surface area contributed by atoms with Crippen LogP contribution in [0.15, 0.2) is 16.7 Å². The third-order valence-electron chi connectivity index (χ3n) is 4.85. The molecule has 0 aliphatic rings. The molecule has 1 heterocycles. The maximum Gasteiger partial charge on any atom is 0.249 e. The van der Waals surface area contributed by atoms with E-state index in [1.54, 1.807) is 33.5 Å². The third-order valence-corrected chi connectivity index (χ3v) is 4.85. The lowest BCUT2D eigenvalue weighted by molar-refractivity contribution is -0.124. The van der Waals surface area contributed by atoms with E-state index in [1.807, 2.05) is 27.7 Å². The van der Waals surface area contributed by atoms with Crippen LogP contribution in [0.3, 0.4) is 0 Å². The van der Waals surface area contributed by atoms with Crippen molar-refractivity contribution in [3.8, 4) is 28.6 Å². The Hall–Kier alpha value is -2.77. The fraction of sp³-hybridized carbons (Fsp3) is 0.591. The maximum atomic E-state index is 12.5. The van der Waals surface area contributed by atoms with Gasteiger partial charge in [-0.25, -0.2) is 0 Å². The fourth-order valence-corrected chi connectivity index (χ4v) is 3.08. The van der Waals surface area contributed by atoms with Crippen LogP contribution in [0.2, 0.25) is 0 Å². The van der Waals surface area contributed by atoms with E-state index < -0.39 is 0 Å². The first-order valence-corrected chi connectivity index (χ1v) is 10.1. The van der Waals surface area contributed by atoms with E-state index in [9.17, 15) is 4.79 Å². The Kier molecular flexibility index (Phi) is 7.70. The maximum absolute atomic E-state index is 12.5. The van der Waals surface area contributed by atoms with Crippen molar-refractivity contribution in [1.82, 2.24) is 15.5 Å². The van der Waals surface area contributed by atoms with Gasteiger partial charge in [0.05, 0.1) is 21.3 Å². The van der Waals surface area contributed by atoms with Gasteiger partial charge in [0.1, 0.15) is 6.04 Å². The number of hydrogen-bond acceptors (Lipinski definition) is 7. The smallest absolute Gasteiger partial charge is 0.249 e. The monoisotopic (exact) mass is 419 g/mol. The second-order valence-corrected chi connectivity index (χ2v) is 8.54. The SMILES string of the molecule is CC[C@H](C)[C@H](NC(=O)CC(C)(C)C)c1nc(-c2cc(OC)c(OC)c(OC)c2)no1. The first-order chi connectivity index (χ1) is 14.1. The molecule has 2 rings (SSSR count). The number of carbonyl (C=O) groups excluding carboxylic acids is 1. The lowest BCUT2D eigenvalue weighted by Crippen LogP contribution is -2.34. The van der Waals surface area contributed by atoms with Crippen LogP contribution in [0, 0.1) is 11.3 Å². The first-order valence-electron chi connectivity index (χ1n) is 10.1. The molecule has 166 valence electrons. The van der Waals surface area contributed by atoms with Crippen LogP contribution in [0.5, 0.6) is 17.2 Å². The predicted octanol–water partition coefficient (Wildman–Crippen LogP) is 4.40. The second kappa shape index (κ2) is 9.82. The number of aromatic nitrogens is 2. The highest BCUT2D eigenvalue weighted by Crippen LogP contribution is 2.40. The molecule has 2 atom stereocenters. The van der Waals surface area contributed by atoms with Gasteiger partial charge in [0, 0.05) is 12.0 Å². The Morgan fingerprint density at radius 1 is 1.13 bits per heavy atom. The summed E-state index contributed by atoms with van der Waals surface area (Å²) < 4.78 is 21.7. The van der Waals surface area contributed by atoms with Gasteiger partial charge >= 0.3 is 0 Å². The molecule has 8 heteroatoms. The summed E-state index contributed by atoms with van der Waals surface area (Å²) in [4.78, 5) is 17.1. The molecular weight excluding hydrogens is 386 g/mol. The lowest BCUT2D eigenvalue weighted by atomic mass is 9.91. The van der Waals surface area contributed by atoms with Gasteiger partial charge in [0.25, 0.3) is 0 Å². The first kappa shape index (κ1) is 23.5. The lowest BCUT2D eigenvalue weighted by Gasteiger charge is -2.23. The summed E-state index contributed by atoms with van der Waals surface area (Å²) in [6.07, 6.45) is 1.26. The van der Waals surface area contributed by atoms with Gasteiger partial charge in [-0.2, -0.15) is 4.98 Å². The summed E-state index contributed by atoms with van der Waals surface area (Å²) in [5.74, 6) is 2.31. The average molecular weight is 420 g/mol. The molecule has 0 saturated carbocycles. The average Bonchev–Trinajstić information content (AvgIpc) is 3.18. The zero-order chi connectivity index (χ0) is 22.5. The molecule has 0 bridgehead atoms. The Bertz CT molecular complexity index is 832. The van der Waals surface area contributed by atoms with Gasteiger partial charge < -0.3 is 24.1 Å². The molecule has 1 aromatic heterocycles. The highest BCUT2D eigenvalue weighted by molar-refractivity contribution is 5.77. The molecule has 8 nitrogen and oxygen atoms in total. The Labute approximate surface area is 178 Å². The molecule has 0 aliphatic carbocycles. The van der Waals surface area contributed by atoms with E-state index in [0.717, 1.165) is 6.42 Å². The van der Waals surface area contributed by atoms with Crippen molar-refractivity contribution in [2.75, 3.05) is 21.3 Å². The van der Waals surface area contributed by atoms with Crippen molar-refractivity contribution in [2.45, 2.75) is 53.5 Å². The van der Waals surface area contributed by atoms with Crippen LogP contribution in [0.25, 0.3) is 11.4 Å². The van der Waals surface area contributed by atoms with Crippen LogP contribution >= 0.6 is 0 Å². The Morgan fingerprint density at radius 2 is 1.73 bits per heavy atom. The molecule has 0 radical (unpaired) electrons. The predicted molar refractivity (Wildman–Crippen MR) is 114 cm³/mol. The van der Waals surface area contributed by atoms with E-state index in [2.05, 4.69) is 22.4 Å². The molecule has 1 N–H and O–H groups in total. The van der Waals surface area contributed by atoms with Crippen molar-refractivity contribution < 1.29 is 23.5 Å². The van der Waals surface area contributed by atoms with Gasteiger partial charge in [0.15, 0.2) is 11.5 Å². The van der Waals surface area contributed by atoms with E-state index in [4.69, 9.17) is 18.7 Å². The minimum absolute atomic E-state index is 0.0414. The summed E-state index contributed by atoms with van der Waals surface area (Å²) in [6.45, 7) is 10.2. The summed E-state index contributed by atoms with van der Waals surface area (Å²) in [5.41, 5.74) is 0.545.